The zero-order chi connectivity index (χ0) is 17.4. The smallest absolute Gasteiger partial charge is 0.253 e. The molecule has 0 radical (unpaired) electrons. The fourth-order valence-corrected chi connectivity index (χ4v) is 3.83. The highest BCUT2D eigenvalue weighted by molar-refractivity contribution is 5.98. The Hall–Kier alpha value is -1.89. The van der Waals surface area contributed by atoms with Gasteiger partial charge in [-0.3, -0.25) is 9.69 Å². The number of fused-ring (bicyclic) bond motifs is 1. The molecule has 1 atom stereocenters. The van der Waals surface area contributed by atoms with Crippen LogP contribution in [0, 0.1) is 6.92 Å². The summed E-state index contributed by atoms with van der Waals surface area (Å²) in [5, 5.41) is 11.8. The number of furan rings is 1. The quantitative estimate of drug-likeness (QED) is 0.917. The van der Waals surface area contributed by atoms with Crippen LogP contribution in [0.15, 0.2) is 28.7 Å². The van der Waals surface area contributed by atoms with Crippen LogP contribution in [0.5, 0.6) is 0 Å². The van der Waals surface area contributed by atoms with Crippen molar-refractivity contribution in [1.82, 2.24) is 9.80 Å². The normalized spacial score (nSPS) is 25.0. The number of rotatable bonds is 3. The van der Waals surface area contributed by atoms with Crippen molar-refractivity contribution >= 4 is 16.9 Å². The van der Waals surface area contributed by atoms with Crippen LogP contribution in [-0.2, 0) is 4.74 Å². The van der Waals surface area contributed by atoms with Gasteiger partial charge in [-0.05, 0) is 37.6 Å². The molecule has 6 heteroatoms. The Kier molecular flexibility index (Phi) is 4.27. The minimum Gasteiger partial charge on any atom is -0.461 e. The summed E-state index contributed by atoms with van der Waals surface area (Å²) in [7, 11) is 0. The number of hydrogen-bond donors (Lipinski definition) is 1. The Morgan fingerprint density at radius 2 is 2.04 bits per heavy atom. The molecule has 0 aliphatic carbocycles. The minimum absolute atomic E-state index is 0.0290. The lowest BCUT2D eigenvalue weighted by Crippen LogP contribution is -2.49. The lowest BCUT2D eigenvalue weighted by atomic mass is 10.0. The van der Waals surface area contributed by atoms with Crippen LogP contribution in [0.2, 0.25) is 0 Å². The first-order valence-electron chi connectivity index (χ1n) is 8.84. The van der Waals surface area contributed by atoms with Crippen molar-refractivity contribution in [2.45, 2.75) is 18.9 Å². The average Bonchev–Trinajstić information content (AvgIpc) is 3.16. The molecule has 6 nitrogen and oxygen atoms in total. The highest BCUT2D eigenvalue weighted by atomic mass is 16.5. The van der Waals surface area contributed by atoms with E-state index in [9.17, 15) is 9.90 Å². The van der Waals surface area contributed by atoms with Crippen molar-refractivity contribution in [2.24, 2.45) is 0 Å². The Balaban J connectivity index is 1.45. The summed E-state index contributed by atoms with van der Waals surface area (Å²) in [6.07, 6.45) is 0.614. The van der Waals surface area contributed by atoms with Crippen LogP contribution in [0.4, 0.5) is 0 Å². The summed E-state index contributed by atoms with van der Waals surface area (Å²) in [4.78, 5) is 16.8. The van der Waals surface area contributed by atoms with Crippen LogP contribution < -0.4 is 0 Å². The maximum absolute atomic E-state index is 12.8. The number of hydrogen-bond acceptors (Lipinski definition) is 5. The summed E-state index contributed by atoms with van der Waals surface area (Å²) >= 11 is 0. The highest BCUT2D eigenvalue weighted by Crippen LogP contribution is 2.26. The van der Waals surface area contributed by atoms with Crippen LogP contribution >= 0.6 is 0 Å². The summed E-state index contributed by atoms with van der Waals surface area (Å²) in [6.45, 7) is 6.56. The Morgan fingerprint density at radius 1 is 1.24 bits per heavy atom. The predicted molar refractivity (Wildman–Crippen MR) is 93.7 cm³/mol. The van der Waals surface area contributed by atoms with E-state index in [-0.39, 0.29) is 5.91 Å². The lowest BCUT2D eigenvalue weighted by Gasteiger charge is -2.33. The molecule has 0 bridgehead atoms. The van der Waals surface area contributed by atoms with E-state index in [1.54, 1.807) is 11.0 Å². The molecule has 2 aromatic rings. The number of ether oxygens (including phenoxy) is 1. The molecule has 4 rings (SSSR count). The van der Waals surface area contributed by atoms with Gasteiger partial charge >= 0.3 is 0 Å². The number of benzene rings is 1. The second-order valence-corrected chi connectivity index (χ2v) is 7.20. The summed E-state index contributed by atoms with van der Waals surface area (Å²) in [5.74, 6) is 0.805. The van der Waals surface area contributed by atoms with Gasteiger partial charge in [-0.25, -0.2) is 0 Å². The van der Waals surface area contributed by atoms with Gasteiger partial charge in [-0.2, -0.15) is 0 Å². The fraction of sp³-hybridized carbons (Fsp3) is 0.526. The van der Waals surface area contributed by atoms with Crippen molar-refractivity contribution in [3.05, 3.63) is 35.6 Å². The van der Waals surface area contributed by atoms with Gasteiger partial charge < -0.3 is 19.2 Å². The topological polar surface area (TPSA) is 66.2 Å². The Labute approximate surface area is 146 Å². The molecule has 0 saturated carbocycles. The van der Waals surface area contributed by atoms with Crippen LogP contribution in [0.1, 0.15) is 22.5 Å². The molecule has 1 N–H and O–H groups in total. The molecule has 2 aliphatic heterocycles. The third-order valence-corrected chi connectivity index (χ3v) is 5.13. The molecule has 2 fully saturated rings. The van der Waals surface area contributed by atoms with Gasteiger partial charge in [0.2, 0.25) is 0 Å². The molecule has 0 spiro atoms. The Bertz CT molecular complexity index is 781. The zero-order valence-electron chi connectivity index (χ0n) is 14.5. The van der Waals surface area contributed by atoms with E-state index in [1.807, 2.05) is 25.1 Å². The average molecular weight is 344 g/mol. The van der Waals surface area contributed by atoms with Gasteiger partial charge in [-0.15, -0.1) is 0 Å². The number of amides is 1. The molecule has 0 unspecified atom stereocenters. The molecule has 1 aromatic carbocycles. The standard InChI is InChI=1S/C19H24N2O4/c1-14-10-16-11-15(2-3-17(16)25-14)18(22)21-5-4-19(23,13-21)12-20-6-8-24-9-7-20/h2-3,10-11,23H,4-9,12-13H2,1H3/t19-/m1/s1. The largest absolute Gasteiger partial charge is 0.461 e. The third-order valence-electron chi connectivity index (χ3n) is 5.13. The van der Waals surface area contributed by atoms with Gasteiger partial charge in [0, 0.05) is 37.1 Å². The lowest BCUT2D eigenvalue weighted by molar-refractivity contribution is -0.0257. The molecule has 25 heavy (non-hydrogen) atoms. The van der Waals surface area contributed by atoms with E-state index in [1.165, 1.54) is 0 Å². The van der Waals surface area contributed by atoms with Crippen molar-refractivity contribution in [1.29, 1.82) is 0 Å². The van der Waals surface area contributed by atoms with Crippen molar-refractivity contribution < 1.29 is 19.1 Å². The molecular formula is C19H24N2O4. The van der Waals surface area contributed by atoms with Gasteiger partial charge in [-0.1, -0.05) is 0 Å². The monoisotopic (exact) mass is 344 g/mol. The molecule has 2 aliphatic rings. The maximum atomic E-state index is 12.8. The maximum Gasteiger partial charge on any atom is 0.253 e. The number of morpholine rings is 1. The van der Waals surface area contributed by atoms with E-state index in [0.29, 0.717) is 44.8 Å². The second kappa shape index (κ2) is 6.44. The first-order chi connectivity index (χ1) is 12.0. The van der Waals surface area contributed by atoms with E-state index < -0.39 is 5.60 Å². The highest BCUT2D eigenvalue weighted by Gasteiger charge is 2.39. The number of aliphatic hydroxyl groups is 1. The molecular weight excluding hydrogens is 320 g/mol. The van der Waals surface area contributed by atoms with E-state index in [0.717, 1.165) is 29.8 Å². The summed E-state index contributed by atoms with van der Waals surface area (Å²) < 4.78 is 10.9. The minimum atomic E-state index is -0.830. The molecule has 1 aromatic heterocycles. The van der Waals surface area contributed by atoms with Gasteiger partial charge in [0.15, 0.2) is 0 Å². The molecule has 2 saturated heterocycles. The van der Waals surface area contributed by atoms with Crippen molar-refractivity contribution in [3.8, 4) is 0 Å². The summed E-state index contributed by atoms with van der Waals surface area (Å²) in [5.41, 5.74) is 0.604. The molecule has 134 valence electrons. The zero-order valence-corrected chi connectivity index (χ0v) is 14.5. The molecule has 3 heterocycles. The van der Waals surface area contributed by atoms with Crippen molar-refractivity contribution in [3.63, 3.8) is 0 Å². The Morgan fingerprint density at radius 3 is 2.84 bits per heavy atom. The van der Waals surface area contributed by atoms with E-state index in [2.05, 4.69) is 4.90 Å². The number of aryl methyl sites for hydroxylation is 1. The predicted octanol–water partition coefficient (Wildman–Crippen LogP) is 1.65. The van der Waals surface area contributed by atoms with Crippen LogP contribution in [0.25, 0.3) is 11.0 Å². The number of likely N-dealkylation sites (tertiary alicyclic amines) is 1. The van der Waals surface area contributed by atoms with Gasteiger partial charge in [0.25, 0.3) is 5.91 Å². The fourth-order valence-electron chi connectivity index (χ4n) is 3.83. The van der Waals surface area contributed by atoms with Gasteiger partial charge in [0.05, 0.1) is 25.4 Å². The van der Waals surface area contributed by atoms with Gasteiger partial charge in [0.1, 0.15) is 11.3 Å². The third kappa shape index (κ3) is 3.42. The molecule has 1 amide bonds. The van der Waals surface area contributed by atoms with E-state index >= 15 is 0 Å². The van der Waals surface area contributed by atoms with Crippen LogP contribution in [0.3, 0.4) is 0 Å². The number of β-amino-alcohol motifs (C(OH)–C–C–N with tert-alkyl or cyclic N) is 1. The first kappa shape index (κ1) is 16.6. The SMILES string of the molecule is Cc1cc2cc(C(=O)N3CC[C@@](O)(CN4CCOCC4)C3)ccc2o1. The number of carbonyl (C=O) groups is 1. The van der Waals surface area contributed by atoms with E-state index in [4.69, 9.17) is 9.15 Å². The second-order valence-electron chi connectivity index (χ2n) is 7.20. The number of nitrogens with zero attached hydrogens (tertiary/aromatic N) is 2. The number of carbonyl (C=O) groups excluding carboxylic acids is 1. The first-order valence-corrected chi connectivity index (χ1v) is 8.84. The van der Waals surface area contributed by atoms with Crippen LogP contribution in [-0.4, -0.2) is 72.4 Å². The van der Waals surface area contributed by atoms with Crippen molar-refractivity contribution in [2.75, 3.05) is 45.9 Å². The summed E-state index contributed by atoms with van der Waals surface area (Å²) in [6, 6.07) is 7.44.